The number of carbonyl (C=O) groups is 1. The number of ketones is 1. The minimum absolute atomic E-state index is 0. The van der Waals surface area contributed by atoms with Gasteiger partial charge in [0.2, 0.25) is 0 Å². The van der Waals surface area contributed by atoms with E-state index in [4.69, 9.17) is 9.79 Å². The molecule has 7 heteroatoms. The van der Waals surface area contributed by atoms with E-state index in [-0.39, 0.29) is 41.1 Å². The van der Waals surface area contributed by atoms with Gasteiger partial charge in [-0.15, -0.1) is 0 Å². The molecule has 3 aromatic rings. The molecule has 24 heavy (non-hydrogen) atoms. The molecule has 117 valence electrons. The number of benzene rings is 3. The van der Waals surface area contributed by atoms with Crippen molar-refractivity contribution in [3.8, 4) is 5.75 Å². The van der Waals surface area contributed by atoms with Crippen molar-refractivity contribution in [2.45, 2.75) is 0 Å². The summed E-state index contributed by atoms with van der Waals surface area (Å²) in [6.45, 7) is 0. The molecule has 1 radical (unpaired) electrons. The number of phosphoric acid groups is 1. The number of phosphoric ester groups is 1. The van der Waals surface area contributed by atoms with Gasteiger partial charge in [-0.2, -0.15) is 0 Å². The maximum atomic E-state index is 12.4. The zero-order valence-corrected chi connectivity index (χ0v) is 15.8. The first-order valence-electron chi connectivity index (χ1n) is 6.81. The van der Waals surface area contributed by atoms with Gasteiger partial charge in [0.15, 0.2) is 5.78 Å². The average Bonchev–Trinajstić information content (AvgIpc) is 2.53. The van der Waals surface area contributed by atoms with E-state index in [1.165, 1.54) is 12.1 Å². The summed E-state index contributed by atoms with van der Waals surface area (Å²) in [4.78, 5) is 30.1. The van der Waals surface area contributed by atoms with Crippen LogP contribution in [-0.2, 0) is 4.57 Å². The molecule has 0 aromatic heterocycles. The fourth-order valence-electron chi connectivity index (χ4n) is 2.32. The third-order valence-corrected chi connectivity index (χ3v) is 3.78. The second-order valence-electron chi connectivity index (χ2n) is 5.00. The van der Waals surface area contributed by atoms with E-state index < -0.39 is 7.82 Å². The van der Waals surface area contributed by atoms with Gasteiger partial charge in [-0.05, 0) is 29.0 Å². The standard InChI is InChI=1S/C17H13O5P.Na/c18-17(12-4-2-1-3-5-12)15-7-6-14-11-16(22-23(19,20)21)9-8-13(14)10-15;/h1-11H,(H2,19,20,21);. The van der Waals surface area contributed by atoms with Crippen LogP contribution in [0.15, 0.2) is 66.7 Å². The van der Waals surface area contributed by atoms with Crippen LogP contribution in [0.25, 0.3) is 10.8 Å². The first-order chi connectivity index (χ1) is 10.9. The van der Waals surface area contributed by atoms with Gasteiger partial charge in [0.1, 0.15) is 5.75 Å². The van der Waals surface area contributed by atoms with Crippen LogP contribution in [0, 0.1) is 0 Å². The summed E-state index contributed by atoms with van der Waals surface area (Å²) in [6.07, 6.45) is 0. The SMILES string of the molecule is O=C(c1ccccc1)c1ccc2cc(OP(=O)(O)O)ccc2c1.[Na]. The van der Waals surface area contributed by atoms with E-state index in [9.17, 15) is 9.36 Å². The van der Waals surface area contributed by atoms with Crippen molar-refractivity contribution in [3.05, 3.63) is 77.9 Å². The molecule has 0 saturated heterocycles. The molecule has 0 saturated carbocycles. The van der Waals surface area contributed by atoms with Crippen molar-refractivity contribution in [2.24, 2.45) is 0 Å². The van der Waals surface area contributed by atoms with Crippen LogP contribution in [0.1, 0.15) is 15.9 Å². The molecule has 0 amide bonds. The number of carbonyl (C=O) groups excluding carboxylic acids is 1. The van der Waals surface area contributed by atoms with Crippen molar-refractivity contribution in [1.82, 2.24) is 0 Å². The van der Waals surface area contributed by atoms with Crippen LogP contribution in [0.4, 0.5) is 0 Å². The second-order valence-corrected chi connectivity index (χ2v) is 6.16. The summed E-state index contributed by atoms with van der Waals surface area (Å²) < 4.78 is 15.4. The van der Waals surface area contributed by atoms with Crippen molar-refractivity contribution in [2.75, 3.05) is 0 Å². The Bertz CT molecular complexity index is 921. The predicted octanol–water partition coefficient (Wildman–Crippen LogP) is 3.16. The quantitative estimate of drug-likeness (QED) is 0.429. The molecule has 0 heterocycles. The summed E-state index contributed by atoms with van der Waals surface area (Å²) in [6, 6.07) is 18.7. The monoisotopic (exact) mass is 351 g/mol. The van der Waals surface area contributed by atoms with E-state index >= 15 is 0 Å². The Morgan fingerprint density at radius 1 is 0.833 bits per heavy atom. The second kappa shape index (κ2) is 7.62. The Kier molecular flexibility index (Phi) is 5.99. The van der Waals surface area contributed by atoms with Crippen LogP contribution >= 0.6 is 7.82 Å². The summed E-state index contributed by atoms with van der Waals surface area (Å²) in [5, 5.41) is 1.51. The molecule has 3 aromatic carbocycles. The van der Waals surface area contributed by atoms with E-state index in [0.29, 0.717) is 11.1 Å². The summed E-state index contributed by atoms with van der Waals surface area (Å²) in [5.74, 6) is -0.00369. The Labute approximate surface area is 160 Å². The minimum Gasteiger partial charge on any atom is -0.404 e. The molecule has 0 spiro atoms. The third kappa shape index (κ3) is 4.54. The fourth-order valence-corrected chi connectivity index (χ4v) is 2.70. The normalized spacial score (nSPS) is 10.9. The van der Waals surface area contributed by atoms with Crippen LogP contribution in [0.5, 0.6) is 5.75 Å². The molecular formula is C17H13NaO5P. The molecule has 0 unspecified atom stereocenters. The predicted molar refractivity (Wildman–Crippen MR) is 92.2 cm³/mol. The maximum Gasteiger partial charge on any atom is 0.524 e. The maximum absolute atomic E-state index is 12.4. The Balaban J connectivity index is 0.00000208. The van der Waals surface area contributed by atoms with Crippen LogP contribution in [0.3, 0.4) is 0 Å². The molecule has 5 nitrogen and oxygen atoms in total. The third-order valence-electron chi connectivity index (χ3n) is 3.33. The molecular weight excluding hydrogens is 338 g/mol. The smallest absolute Gasteiger partial charge is 0.404 e. The Hall–Kier alpha value is -1.46. The zero-order valence-electron chi connectivity index (χ0n) is 12.9. The van der Waals surface area contributed by atoms with Crippen molar-refractivity contribution in [3.63, 3.8) is 0 Å². The fraction of sp³-hybridized carbons (Fsp3) is 0. The molecule has 0 aliphatic carbocycles. The Morgan fingerprint density at radius 2 is 1.46 bits per heavy atom. The van der Waals surface area contributed by atoms with Crippen molar-refractivity contribution in [1.29, 1.82) is 0 Å². The first kappa shape index (κ1) is 18.9. The number of fused-ring (bicyclic) bond motifs is 1. The molecule has 3 rings (SSSR count). The van der Waals surface area contributed by atoms with Crippen molar-refractivity contribution < 1.29 is 23.7 Å². The van der Waals surface area contributed by atoms with Gasteiger partial charge in [-0.3, -0.25) is 14.6 Å². The molecule has 2 N–H and O–H groups in total. The van der Waals surface area contributed by atoms with Crippen LogP contribution in [-0.4, -0.2) is 45.1 Å². The van der Waals surface area contributed by atoms with Gasteiger partial charge in [0, 0.05) is 40.7 Å². The van der Waals surface area contributed by atoms with Crippen molar-refractivity contribution >= 4 is 53.9 Å². The van der Waals surface area contributed by atoms with Gasteiger partial charge >= 0.3 is 7.82 Å². The van der Waals surface area contributed by atoms with E-state index in [0.717, 1.165) is 10.8 Å². The van der Waals surface area contributed by atoms with Gasteiger partial charge in [-0.1, -0.05) is 48.5 Å². The summed E-state index contributed by atoms with van der Waals surface area (Å²) in [5.41, 5.74) is 1.15. The number of rotatable bonds is 4. The summed E-state index contributed by atoms with van der Waals surface area (Å²) in [7, 11) is -4.58. The van der Waals surface area contributed by atoms with E-state index in [2.05, 4.69) is 4.52 Å². The van der Waals surface area contributed by atoms with Crippen LogP contribution < -0.4 is 4.52 Å². The Morgan fingerprint density at radius 3 is 2.12 bits per heavy atom. The van der Waals surface area contributed by atoms with Gasteiger partial charge in [0.25, 0.3) is 0 Å². The average molecular weight is 351 g/mol. The first-order valence-corrected chi connectivity index (χ1v) is 8.34. The molecule has 0 atom stereocenters. The number of hydrogen-bond donors (Lipinski definition) is 2. The van der Waals surface area contributed by atoms with Crippen LogP contribution in [0.2, 0.25) is 0 Å². The molecule has 0 fully saturated rings. The number of hydrogen-bond acceptors (Lipinski definition) is 3. The van der Waals surface area contributed by atoms with E-state index in [1.54, 1.807) is 48.5 Å². The molecule has 0 aliphatic heterocycles. The largest absolute Gasteiger partial charge is 0.524 e. The molecule has 0 bridgehead atoms. The van der Waals surface area contributed by atoms with Gasteiger partial charge in [0.05, 0.1) is 0 Å². The van der Waals surface area contributed by atoms with E-state index in [1.807, 2.05) is 6.07 Å². The minimum atomic E-state index is -4.58. The van der Waals surface area contributed by atoms with Gasteiger partial charge < -0.3 is 4.52 Å². The van der Waals surface area contributed by atoms with Gasteiger partial charge in [-0.25, -0.2) is 4.57 Å². The molecule has 0 aliphatic rings. The summed E-state index contributed by atoms with van der Waals surface area (Å²) >= 11 is 0. The zero-order chi connectivity index (χ0) is 16.4. The topological polar surface area (TPSA) is 83.8 Å².